The maximum absolute atomic E-state index is 8.92. The van der Waals surface area contributed by atoms with Crippen molar-refractivity contribution in [2.75, 3.05) is 6.61 Å². The summed E-state index contributed by atoms with van der Waals surface area (Å²) in [7, 11) is 0. The van der Waals surface area contributed by atoms with Crippen molar-refractivity contribution in [3.63, 3.8) is 0 Å². The third-order valence-electron chi connectivity index (χ3n) is 2.46. The summed E-state index contributed by atoms with van der Waals surface area (Å²) in [5.41, 5.74) is 3.54. The molecule has 14 heavy (non-hydrogen) atoms. The average Bonchev–Trinajstić information content (AvgIpc) is 2.58. The molecule has 0 heterocycles. The Morgan fingerprint density at radius 1 is 1.43 bits per heavy atom. The van der Waals surface area contributed by atoms with E-state index in [0.717, 1.165) is 15.9 Å². The Morgan fingerprint density at radius 2 is 2.21 bits per heavy atom. The Hall–Kier alpha value is -0.310. The molecule has 0 aromatic heterocycles. The number of hydrogen-bond acceptors (Lipinski definition) is 1. The summed E-state index contributed by atoms with van der Waals surface area (Å²) >= 11 is 9.60. The molecule has 1 aromatic carbocycles. The molecule has 0 atom stereocenters. The molecule has 0 saturated carbocycles. The molecular formula is C11H10BrClO. The van der Waals surface area contributed by atoms with E-state index in [4.69, 9.17) is 16.7 Å². The van der Waals surface area contributed by atoms with Crippen LogP contribution in [-0.2, 0) is 6.42 Å². The minimum atomic E-state index is 0.185. The molecule has 1 aromatic rings. The molecule has 74 valence electrons. The van der Waals surface area contributed by atoms with Gasteiger partial charge in [0.05, 0.1) is 0 Å². The van der Waals surface area contributed by atoms with Crippen molar-refractivity contribution >= 4 is 33.1 Å². The highest BCUT2D eigenvalue weighted by atomic mass is 79.9. The lowest BCUT2D eigenvalue weighted by Gasteiger charge is -2.08. The van der Waals surface area contributed by atoms with E-state index in [1.54, 1.807) is 0 Å². The van der Waals surface area contributed by atoms with Crippen LogP contribution < -0.4 is 0 Å². The molecule has 0 unspecified atom stereocenters. The SMILES string of the molecule is OCCC1=CCc2c(Cl)ccc(Br)c21. The zero-order valence-corrected chi connectivity index (χ0v) is 9.90. The minimum Gasteiger partial charge on any atom is -0.396 e. The van der Waals surface area contributed by atoms with E-state index < -0.39 is 0 Å². The topological polar surface area (TPSA) is 20.2 Å². The quantitative estimate of drug-likeness (QED) is 0.875. The van der Waals surface area contributed by atoms with E-state index in [0.29, 0.717) is 6.42 Å². The van der Waals surface area contributed by atoms with Crippen LogP contribution in [0, 0.1) is 0 Å². The first-order chi connectivity index (χ1) is 6.74. The van der Waals surface area contributed by atoms with Crippen LogP contribution in [0.1, 0.15) is 17.5 Å². The van der Waals surface area contributed by atoms with Crippen molar-refractivity contribution in [1.82, 2.24) is 0 Å². The zero-order chi connectivity index (χ0) is 10.1. The second-order valence-corrected chi connectivity index (χ2v) is 4.55. The average molecular weight is 274 g/mol. The van der Waals surface area contributed by atoms with E-state index in [1.807, 2.05) is 12.1 Å². The summed E-state index contributed by atoms with van der Waals surface area (Å²) in [6.45, 7) is 0.185. The Morgan fingerprint density at radius 3 is 2.93 bits per heavy atom. The monoisotopic (exact) mass is 272 g/mol. The molecule has 0 fully saturated rings. The fraction of sp³-hybridized carbons (Fsp3) is 0.273. The predicted octanol–water partition coefficient (Wildman–Crippen LogP) is 3.42. The molecule has 1 aliphatic rings. The lowest BCUT2D eigenvalue weighted by Crippen LogP contribution is -1.90. The van der Waals surface area contributed by atoms with Crippen LogP contribution in [0.5, 0.6) is 0 Å². The van der Waals surface area contributed by atoms with E-state index in [1.165, 1.54) is 16.7 Å². The first kappa shape index (κ1) is 10.2. The standard InChI is InChI=1S/C11H10BrClO/c12-9-3-4-10(13)8-2-1-7(5-6-14)11(8)9/h1,3-4,14H,2,5-6H2. The molecule has 0 aliphatic heterocycles. The van der Waals surface area contributed by atoms with Gasteiger partial charge in [0.25, 0.3) is 0 Å². The van der Waals surface area contributed by atoms with E-state index in [2.05, 4.69) is 22.0 Å². The molecule has 1 nitrogen and oxygen atoms in total. The van der Waals surface area contributed by atoms with Gasteiger partial charge in [-0.05, 0) is 41.7 Å². The molecule has 1 aliphatic carbocycles. The first-order valence-electron chi connectivity index (χ1n) is 4.51. The summed E-state index contributed by atoms with van der Waals surface area (Å²) in [6.07, 6.45) is 3.71. The van der Waals surface area contributed by atoms with Crippen LogP contribution in [0.15, 0.2) is 22.7 Å². The molecule has 0 bridgehead atoms. The lowest BCUT2D eigenvalue weighted by atomic mass is 10.0. The molecule has 3 heteroatoms. The van der Waals surface area contributed by atoms with Gasteiger partial charge < -0.3 is 5.11 Å². The Kier molecular flexibility index (Phi) is 2.96. The van der Waals surface area contributed by atoms with Crippen LogP contribution in [0.4, 0.5) is 0 Å². The van der Waals surface area contributed by atoms with Gasteiger partial charge in [0.1, 0.15) is 0 Å². The Bertz CT molecular complexity index is 399. The van der Waals surface area contributed by atoms with Crippen LogP contribution in [0.2, 0.25) is 5.02 Å². The third kappa shape index (κ3) is 1.62. The molecule has 0 amide bonds. The van der Waals surface area contributed by atoms with Gasteiger partial charge in [0, 0.05) is 16.1 Å². The lowest BCUT2D eigenvalue weighted by molar-refractivity contribution is 0.305. The number of halogens is 2. The molecule has 0 spiro atoms. The van der Waals surface area contributed by atoms with Gasteiger partial charge in [-0.2, -0.15) is 0 Å². The Labute approximate surface area is 96.5 Å². The van der Waals surface area contributed by atoms with Gasteiger partial charge in [-0.15, -0.1) is 0 Å². The van der Waals surface area contributed by atoms with Gasteiger partial charge in [0.15, 0.2) is 0 Å². The number of allylic oxidation sites excluding steroid dienone is 1. The number of fused-ring (bicyclic) bond motifs is 1. The number of aliphatic hydroxyl groups is 1. The van der Waals surface area contributed by atoms with Crippen molar-refractivity contribution in [2.45, 2.75) is 12.8 Å². The highest BCUT2D eigenvalue weighted by Crippen LogP contribution is 2.38. The molecule has 1 N–H and O–H groups in total. The number of hydrogen-bond donors (Lipinski definition) is 1. The van der Waals surface area contributed by atoms with Crippen molar-refractivity contribution in [3.05, 3.63) is 38.8 Å². The predicted molar refractivity (Wildman–Crippen MR) is 62.5 cm³/mol. The first-order valence-corrected chi connectivity index (χ1v) is 5.68. The number of rotatable bonds is 2. The highest BCUT2D eigenvalue weighted by molar-refractivity contribution is 9.10. The maximum atomic E-state index is 8.92. The van der Waals surface area contributed by atoms with E-state index in [9.17, 15) is 0 Å². The molecule has 2 rings (SSSR count). The van der Waals surface area contributed by atoms with Gasteiger partial charge in [-0.1, -0.05) is 33.6 Å². The van der Waals surface area contributed by atoms with Crippen LogP contribution in [-0.4, -0.2) is 11.7 Å². The summed E-state index contributed by atoms with van der Waals surface area (Å²) < 4.78 is 1.06. The van der Waals surface area contributed by atoms with Crippen LogP contribution in [0.3, 0.4) is 0 Å². The van der Waals surface area contributed by atoms with Gasteiger partial charge in [-0.3, -0.25) is 0 Å². The van der Waals surface area contributed by atoms with Crippen molar-refractivity contribution < 1.29 is 5.11 Å². The number of benzene rings is 1. The van der Waals surface area contributed by atoms with E-state index >= 15 is 0 Å². The van der Waals surface area contributed by atoms with Crippen LogP contribution in [0.25, 0.3) is 5.57 Å². The second kappa shape index (κ2) is 4.05. The van der Waals surface area contributed by atoms with Crippen LogP contribution >= 0.6 is 27.5 Å². The van der Waals surface area contributed by atoms with E-state index in [-0.39, 0.29) is 6.61 Å². The van der Waals surface area contributed by atoms with Gasteiger partial charge in [0.2, 0.25) is 0 Å². The van der Waals surface area contributed by atoms with Crippen molar-refractivity contribution in [2.24, 2.45) is 0 Å². The summed E-state index contributed by atoms with van der Waals surface area (Å²) in [6, 6.07) is 3.86. The summed E-state index contributed by atoms with van der Waals surface area (Å²) in [5, 5.41) is 9.74. The summed E-state index contributed by atoms with van der Waals surface area (Å²) in [4.78, 5) is 0. The molecular weight excluding hydrogens is 263 g/mol. The fourth-order valence-electron chi connectivity index (χ4n) is 1.82. The van der Waals surface area contributed by atoms with Crippen molar-refractivity contribution in [3.8, 4) is 0 Å². The van der Waals surface area contributed by atoms with Gasteiger partial charge in [-0.25, -0.2) is 0 Å². The Balaban J connectivity index is 2.49. The largest absolute Gasteiger partial charge is 0.396 e. The zero-order valence-electron chi connectivity index (χ0n) is 7.56. The molecule has 0 radical (unpaired) electrons. The number of aliphatic hydroxyl groups excluding tert-OH is 1. The fourth-order valence-corrected chi connectivity index (χ4v) is 2.68. The van der Waals surface area contributed by atoms with Crippen molar-refractivity contribution in [1.29, 1.82) is 0 Å². The third-order valence-corrected chi connectivity index (χ3v) is 3.47. The summed E-state index contributed by atoms with van der Waals surface area (Å²) in [5.74, 6) is 0. The smallest absolute Gasteiger partial charge is 0.0471 e. The van der Waals surface area contributed by atoms with Gasteiger partial charge >= 0.3 is 0 Å². The maximum Gasteiger partial charge on any atom is 0.0471 e. The highest BCUT2D eigenvalue weighted by Gasteiger charge is 2.18. The molecule has 0 saturated heterocycles. The normalized spacial score (nSPS) is 14.1. The second-order valence-electron chi connectivity index (χ2n) is 3.29. The minimum absolute atomic E-state index is 0.185.